The molecule has 0 saturated carbocycles. The van der Waals surface area contributed by atoms with E-state index in [4.69, 9.17) is 24.4 Å². The Morgan fingerprint density at radius 1 is 1.42 bits per heavy atom. The molecule has 0 amide bonds. The van der Waals surface area contributed by atoms with Crippen LogP contribution in [-0.2, 0) is 19.1 Å². The average molecular weight is 329 g/mol. The Labute approximate surface area is 138 Å². The van der Waals surface area contributed by atoms with E-state index >= 15 is 0 Å². The zero-order valence-corrected chi connectivity index (χ0v) is 13.2. The monoisotopic (exact) mass is 329 g/mol. The van der Waals surface area contributed by atoms with Gasteiger partial charge in [0.05, 0.1) is 6.61 Å². The van der Waals surface area contributed by atoms with Gasteiger partial charge in [0.15, 0.2) is 12.0 Å². The van der Waals surface area contributed by atoms with Gasteiger partial charge in [0, 0.05) is 12.1 Å². The van der Waals surface area contributed by atoms with Crippen LogP contribution in [0.3, 0.4) is 0 Å². The van der Waals surface area contributed by atoms with Gasteiger partial charge < -0.3 is 19.2 Å². The molecule has 1 unspecified atom stereocenters. The fraction of sp³-hybridized carbons (Fsp3) is 0.250. The first-order valence-electron chi connectivity index (χ1n) is 6.86. The van der Waals surface area contributed by atoms with Crippen molar-refractivity contribution in [1.29, 1.82) is 10.5 Å². The number of furan rings is 1. The van der Waals surface area contributed by atoms with E-state index in [2.05, 4.69) is 11.9 Å². The van der Waals surface area contributed by atoms with Crippen LogP contribution in [0.15, 0.2) is 34.4 Å². The van der Waals surface area contributed by atoms with Crippen LogP contribution < -0.4 is 5.32 Å². The first-order valence-corrected chi connectivity index (χ1v) is 6.86. The van der Waals surface area contributed by atoms with Crippen LogP contribution in [0.5, 0.6) is 0 Å². The molecule has 24 heavy (non-hydrogen) atoms. The molecule has 0 fully saturated rings. The molecule has 0 aromatic carbocycles. The molecule has 1 N–H and O–H groups in total. The lowest BCUT2D eigenvalue weighted by molar-refractivity contribution is -0.141. The van der Waals surface area contributed by atoms with Crippen molar-refractivity contribution in [3.63, 3.8) is 0 Å². The SMILES string of the molecule is C=C(Nc1ccc(C=C(C#N)C(=O)OCC)o1)C(=O)OC(C)C#N. The summed E-state index contributed by atoms with van der Waals surface area (Å²) in [6, 6.07) is 6.42. The quantitative estimate of drug-likeness (QED) is 0.458. The van der Waals surface area contributed by atoms with Gasteiger partial charge in [-0.15, -0.1) is 0 Å². The van der Waals surface area contributed by atoms with Crippen molar-refractivity contribution >= 4 is 23.9 Å². The highest BCUT2D eigenvalue weighted by Crippen LogP contribution is 2.18. The number of esters is 2. The van der Waals surface area contributed by atoms with E-state index in [1.165, 1.54) is 25.1 Å². The first kappa shape index (κ1) is 18.5. The minimum absolute atomic E-state index is 0.132. The van der Waals surface area contributed by atoms with E-state index < -0.39 is 18.0 Å². The van der Waals surface area contributed by atoms with Gasteiger partial charge >= 0.3 is 11.9 Å². The zero-order valence-electron chi connectivity index (χ0n) is 13.2. The number of carbonyl (C=O) groups excluding carboxylic acids is 2. The number of nitrogens with one attached hydrogen (secondary N) is 1. The topological polar surface area (TPSA) is 125 Å². The maximum atomic E-state index is 11.6. The number of rotatable bonds is 7. The standard InChI is InChI=1S/C16H15N3O5/c1-4-22-16(21)12(9-18)7-13-5-6-14(24-13)19-11(3)15(20)23-10(2)8-17/h5-7,10,19H,3-4H2,1-2H3. The predicted molar refractivity (Wildman–Crippen MR) is 82.9 cm³/mol. The molecule has 8 heteroatoms. The van der Waals surface area contributed by atoms with Crippen LogP contribution >= 0.6 is 0 Å². The highest BCUT2D eigenvalue weighted by Gasteiger charge is 2.15. The molecule has 1 atom stereocenters. The van der Waals surface area contributed by atoms with Crippen LogP contribution in [-0.4, -0.2) is 24.6 Å². The van der Waals surface area contributed by atoms with Crippen LogP contribution in [0, 0.1) is 22.7 Å². The second-order valence-electron chi connectivity index (χ2n) is 4.37. The fourth-order valence-electron chi connectivity index (χ4n) is 1.44. The molecule has 0 radical (unpaired) electrons. The van der Waals surface area contributed by atoms with Crippen molar-refractivity contribution in [3.05, 3.63) is 35.7 Å². The summed E-state index contributed by atoms with van der Waals surface area (Å²) in [5.41, 5.74) is -0.355. The molecule has 0 bridgehead atoms. The summed E-state index contributed by atoms with van der Waals surface area (Å²) in [4.78, 5) is 23.1. The maximum Gasteiger partial charge on any atom is 0.355 e. The maximum absolute atomic E-state index is 11.6. The predicted octanol–water partition coefficient (Wildman–Crippen LogP) is 2.13. The molecule has 124 valence electrons. The van der Waals surface area contributed by atoms with Gasteiger partial charge in [-0.25, -0.2) is 9.59 Å². The molecule has 0 spiro atoms. The third kappa shape index (κ3) is 5.35. The van der Waals surface area contributed by atoms with Crippen molar-refractivity contribution in [2.75, 3.05) is 11.9 Å². The average Bonchev–Trinajstić information content (AvgIpc) is 2.99. The lowest BCUT2D eigenvalue weighted by Crippen LogP contribution is -2.18. The first-order chi connectivity index (χ1) is 11.4. The van der Waals surface area contributed by atoms with Crippen LogP contribution in [0.2, 0.25) is 0 Å². The Bertz CT molecular complexity index is 748. The number of anilines is 1. The number of ether oxygens (including phenoxy) is 2. The van der Waals surface area contributed by atoms with Crippen molar-refractivity contribution in [2.45, 2.75) is 20.0 Å². The van der Waals surface area contributed by atoms with Gasteiger partial charge in [0.25, 0.3) is 0 Å². The van der Waals surface area contributed by atoms with Gasteiger partial charge in [0.2, 0.25) is 0 Å². The normalized spacial score (nSPS) is 11.6. The molecule has 0 aliphatic rings. The summed E-state index contributed by atoms with van der Waals surface area (Å²) in [5.74, 6) is -1.21. The van der Waals surface area contributed by atoms with E-state index in [1.54, 1.807) is 19.1 Å². The Morgan fingerprint density at radius 3 is 2.71 bits per heavy atom. The number of hydrogen-bond donors (Lipinski definition) is 1. The lowest BCUT2D eigenvalue weighted by Gasteiger charge is -2.08. The summed E-state index contributed by atoms with van der Waals surface area (Å²) in [6.45, 7) is 6.67. The van der Waals surface area contributed by atoms with Crippen molar-refractivity contribution < 1.29 is 23.5 Å². The largest absolute Gasteiger partial charge is 0.462 e. The molecule has 8 nitrogen and oxygen atoms in total. The third-order valence-corrected chi connectivity index (χ3v) is 2.52. The minimum Gasteiger partial charge on any atom is -0.462 e. The molecular weight excluding hydrogens is 314 g/mol. The van der Waals surface area contributed by atoms with Gasteiger partial charge in [-0.2, -0.15) is 10.5 Å². The van der Waals surface area contributed by atoms with Gasteiger partial charge in [-0.05, 0) is 19.9 Å². The molecular formula is C16H15N3O5. The molecule has 1 heterocycles. The highest BCUT2D eigenvalue weighted by molar-refractivity contribution is 5.97. The Balaban J connectivity index is 2.78. The molecule has 0 saturated heterocycles. The number of nitrogens with zero attached hydrogens (tertiary/aromatic N) is 2. The van der Waals surface area contributed by atoms with Crippen LogP contribution in [0.25, 0.3) is 6.08 Å². The van der Waals surface area contributed by atoms with Gasteiger partial charge in [0.1, 0.15) is 29.2 Å². The second kappa shape index (κ2) is 8.81. The summed E-state index contributed by atoms with van der Waals surface area (Å²) < 4.78 is 14.8. The number of nitriles is 2. The summed E-state index contributed by atoms with van der Waals surface area (Å²) in [7, 11) is 0. The smallest absolute Gasteiger partial charge is 0.355 e. The summed E-state index contributed by atoms with van der Waals surface area (Å²) >= 11 is 0. The molecule has 1 rings (SSSR count). The van der Waals surface area contributed by atoms with Crippen molar-refractivity contribution in [3.8, 4) is 12.1 Å². The van der Waals surface area contributed by atoms with Crippen molar-refractivity contribution in [1.82, 2.24) is 0 Å². The minimum atomic E-state index is -0.908. The van der Waals surface area contributed by atoms with Crippen LogP contribution in [0.1, 0.15) is 19.6 Å². The van der Waals surface area contributed by atoms with Crippen LogP contribution in [0.4, 0.5) is 5.88 Å². The number of hydrogen-bond acceptors (Lipinski definition) is 8. The Hall–Kier alpha value is -3.52. The Morgan fingerprint density at radius 2 is 2.12 bits per heavy atom. The van der Waals surface area contributed by atoms with Gasteiger partial charge in [-0.3, -0.25) is 0 Å². The second-order valence-corrected chi connectivity index (χ2v) is 4.37. The lowest BCUT2D eigenvalue weighted by atomic mass is 10.2. The summed E-state index contributed by atoms with van der Waals surface area (Å²) in [6.07, 6.45) is 0.302. The van der Waals surface area contributed by atoms with E-state index in [9.17, 15) is 9.59 Å². The van der Waals surface area contributed by atoms with E-state index in [0.29, 0.717) is 0 Å². The molecule has 0 aliphatic carbocycles. The zero-order chi connectivity index (χ0) is 18.1. The Kier molecular flexibility index (Phi) is 6.80. The number of carbonyl (C=O) groups is 2. The van der Waals surface area contributed by atoms with Crippen molar-refractivity contribution in [2.24, 2.45) is 0 Å². The van der Waals surface area contributed by atoms with Gasteiger partial charge in [-0.1, -0.05) is 6.58 Å². The third-order valence-electron chi connectivity index (χ3n) is 2.52. The van der Waals surface area contributed by atoms with E-state index in [0.717, 1.165) is 0 Å². The summed E-state index contributed by atoms with van der Waals surface area (Å²) in [5, 5.41) is 20.1. The molecule has 0 aliphatic heterocycles. The highest BCUT2D eigenvalue weighted by atomic mass is 16.5. The van der Waals surface area contributed by atoms with E-state index in [-0.39, 0.29) is 29.5 Å². The molecule has 1 aromatic heterocycles. The van der Waals surface area contributed by atoms with E-state index in [1.807, 2.05) is 0 Å². The molecule has 1 aromatic rings. The fourth-order valence-corrected chi connectivity index (χ4v) is 1.44.